The van der Waals surface area contributed by atoms with E-state index < -0.39 is 29.5 Å². The van der Waals surface area contributed by atoms with Crippen LogP contribution in [0.1, 0.15) is 55.4 Å². The van der Waals surface area contributed by atoms with Crippen LogP contribution in [0.5, 0.6) is 5.75 Å². The van der Waals surface area contributed by atoms with Gasteiger partial charge in [0.1, 0.15) is 17.1 Å². The second kappa shape index (κ2) is 10.1. The van der Waals surface area contributed by atoms with Crippen molar-refractivity contribution in [1.29, 1.82) is 0 Å². The van der Waals surface area contributed by atoms with Crippen LogP contribution in [0.25, 0.3) is 5.78 Å². The molecule has 14 heteroatoms. The number of amides is 3. The molecule has 0 bridgehead atoms. The third-order valence-electron chi connectivity index (χ3n) is 5.99. The molecule has 0 unspecified atom stereocenters. The molecule has 198 valence electrons. The molecule has 3 amide bonds. The van der Waals surface area contributed by atoms with Crippen molar-refractivity contribution in [3.05, 3.63) is 87.1 Å². The number of aromatic amines is 1. The van der Waals surface area contributed by atoms with E-state index in [9.17, 15) is 24.0 Å². The second-order valence-corrected chi connectivity index (χ2v) is 8.66. The molecule has 3 heterocycles. The Morgan fingerprint density at radius 2 is 1.87 bits per heavy atom. The number of anilines is 1. The maximum Gasteiger partial charge on any atom is 0.349 e. The molecule has 5 N–H and O–H groups in total. The molecule has 0 saturated heterocycles. The standard InChI is InChI=1S/C25H21N7O7/c1-12(14-3-5-15(6-4-14)23(36)37)27-22(35)18-9-17(29-24-30-31-25(38)32(18)24)21(34)26-10-13-2-7-19-16(8-13)28-20(33)11-39-19/h2-9,12H,10-11H2,1H3,(H,26,34)(H,27,35)(H,28,33)(H,31,38)(H,36,37)/t12-/m1/s1. The van der Waals surface area contributed by atoms with Crippen molar-refractivity contribution in [2.75, 3.05) is 11.9 Å². The quantitative estimate of drug-likeness (QED) is 0.230. The number of hydrogen-bond donors (Lipinski definition) is 5. The van der Waals surface area contributed by atoms with Gasteiger partial charge in [-0.1, -0.05) is 18.2 Å². The first-order valence-corrected chi connectivity index (χ1v) is 11.7. The highest BCUT2D eigenvalue weighted by Crippen LogP contribution is 2.28. The third-order valence-corrected chi connectivity index (χ3v) is 5.99. The number of rotatable bonds is 7. The summed E-state index contributed by atoms with van der Waals surface area (Å²) < 4.78 is 6.27. The largest absolute Gasteiger partial charge is 0.482 e. The fraction of sp³-hybridized carbons (Fsp3) is 0.160. The van der Waals surface area contributed by atoms with Gasteiger partial charge in [0, 0.05) is 6.54 Å². The number of nitrogens with zero attached hydrogens (tertiary/aromatic N) is 3. The highest BCUT2D eigenvalue weighted by Gasteiger charge is 2.22. The molecule has 5 rings (SSSR count). The summed E-state index contributed by atoms with van der Waals surface area (Å²) in [6, 6.07) is 11.6. The normalized spacial score (nSPS) is 13.1. The predicted octanol–water partition coefficient (Wildman–Crippen LogP) is 0.868. The van der Waals surface area contributed by atoms with Crippen LogP contribution in [0, 0.1) is 0 Å². The van der Waals surface area contributed by atoms with Gasteiger partial charge in [0.15, 0.2) is 6.61 Å². The SMILES string of the molecule is C[C@@H](NC(=O)c1cc(C(=O)NCc2ccc3c(c2)NC(=O)CO3)nc2n[nH]c(=O)n12)c1ccc(C(=O)O)cc1. The summed E-state index contributed by atoms with van der Waals surface area (Å²) in [5.41, 5.74) is 0.840. The van der Waals surface area contributed by atoms with Crippen LogP contribution < -0.4 is 26.4 Å². The maximum absolute atomic E-state index is 13.2. The Hall–Kier alpha value is -5.53. The van der Waals surface area contributed by atoms with Gasteiger partial charge in [0.2, 0.25) is 0 Å². The van der Waals surface area contributed by atoms with Crippen LogP contribution in [-0.4, -0.2) is 55.0 Å². The van der Waals surface area contributed by atoms with E-state index in [1.807, 2.05) is 0 Å². The number of benzene rings is 2. The third kappa shape index (κ3) is 5.16. The predicted molar refractivity (Wildman–Crippen MR) is 135 cm³/mol. The molecule has 39 heavy (non-hydrogen) atoms. The number of aromatic nitrogens is 4. The molecule has 0 fully saturated rings. The lowest BCUT2D eigenvalue weighted by molar-refractivity contribution is -0.118. The molecule has 1 aliphatic heterocycles. The molecule has 0 radical (unpaired) electrons. The van der Waals surface area contributed by atoms with Crippen LogP contribution >= 0.6 is 0 Å². The minimum Gasteiger partial charge on any atom is -0.482 e. The minimum atomic E-state index is -1.07. The molecule has 4 aromatic rings. The van der Waals surface area contributed by atoms with Crippen molar-refractivity contribution in [2.45, 2.75) is 19.5 Å². The first-order valence-electron chi connectivity index (χ1n) is 11.7. The number of H-pyrrole nitrogens is 1. The fourth-order valence-corrected chi connectivity index (χ4v) is 3.98. The van der Waals surface area contributed by atoms with Crippen molar-refractivity contribution in [1.82, 2.24) is 30.2 Å². The number of carbonyl (C=O) groups excluding carboxylic acids is 3. The average Bonchev–Trinajstić information content (AvgIpc) is 3.31. The van der Waals surface area contributed by atoms with E-state index in [4.69, 9.17) is 9.84 Å². The molecular formula is C25H21N7O7. The number of carboxylic acid groups (broad SMARTS) is 1. The number of ether oxygens (including phenoxy) is 1. The van der Waals surface area contributed by atoms with Crippen LogP contribution in [0.15, 0.2) is 53.3 Å². The Morgan fingerprint density at radius 3 is 2.62 bits per heavy atom. The molecule has 1 atom stereocenters. The maximum atomic E-state index is 13.2. The molecule has 0 spiro atoms. The van der Waals surface area contributed by atoms with Gasteiger partial charge in [-0.3, -0.25) is 14.4 Å². The van der Waals surface area contributed by atoms with Crippen LogP contribution in [0.3, 0.4) is 0 Å². The van der Waals surface area contributed by atoms with Crippen molar-refractivity contribution < 1.29 is 29.0 Å². The van der Waals surface area contributed by atoms with E-state index in [1.165, 1.54) is 18.2 Å². The van der Waals surface area contributed by atoms with Crippen molar-refractivity contribution in [3.8, 4) is 5.75 Å². The van der Waals surface area contributed by atoms with E-state index in [0.29, 0.717) is 22.6 Å². The Labute approximate surface area is 219 Å². The van der Waals surface area contributed by atoms with E-state index in [1.54, 1.807) is 37.3 Å². The average molecular weight is 531 g/mol. The minimum absolute atomic E-state index is 0.0702. The van der Waals surface area contributed by atoms with Gasteiger partial charge in [-0.15, -0.1) is 5.10 Å². The Kier molecular flexibility index (Phi) is 6.50. The summed E-state index contributed by atoms with van der Waals surface area (Å²) in [5.74, 6) is -2.33. The molecule has 2 aromatic heterocycles. The van der Waals surface area contributed by atoms with Gasteiger partial charge >= 0.3 is 11.7 Å². The summed E-state index contributed by atoms with van der Waals surface area (Å²) in [5, 5.41) is 23.2. The number of fused-ring (bicyclic) bond motifs is 2. The van der Waals surface area contributed by atoms with E-state index in [0.717, 1.165) is 4.40 Å². The number of carboxylic acids is 1. The Balaban J connectivity index is 1.35. The van der Waals surface area contributed by atoms with Crippen molar-refractivity contribution in [2.24, 2.45) is 0 Å². The number of carbonyl (C=O) groups is 4. The molecule has 0 saturated carbocycles. The Bertz CT molecular complexity index is 1690. The number of aromatic carboxylic acids is 1. The number of nitrogens with one attached hydrogen (secondary N) is 4. The van der Waals surface area contributed by atoms with Crippen LogP contribution in [-0.2, 0) is 11.3 Å². The fourth-order valence-electron chi connectivity index (χ4n) is 3.98. The first kappa shape index (κ1) is 25.1. The first-order chi connectivity index (χ1) is 18.7. The van der Waals surface area contributed by atoms with E-state index >= 15 is 0 Å². The van der Waals surface area contributed by atoms with Gasteiger partial charge < -0.3 is 25.8 Å². The lowest BCUT2D eigenvalue weighted by atomic mass is 10.1. The highest BCUT2D eigenvalue weighted by molar-refractivity contribution is 5.98. The summed E-state index contributed by atoms with van der Waals surface area (Å²) in [6.07, 6.45) is 0. The molecule has 14 nitrogen and oxygen atoms in total. The lowest BCUT2D eigenvalue weighted by Crippen LogP contribution is -2.32. The summed E-state index contributed by atoms with van der Waals surface area (Å²) in [4.78, 5) is 65.2. The van der Waals surface area contributed by atoms with Gasteiger partial charge in [-0.05, 0) is 48.4 Å². The summed E-state index contributed by atoms with van der Waals surface area (Å²) in [6.45, 7) is 1.69. The van der Waals surface area contributed by atoms with E-state index in [-0.39, 0.29) is 41.8 Å². The molecule has 1 aliphatic rings. The monoisotopic (exact) mass is 531 g/mol. The molecule has 2 aromatic carbocycles. The molecule has 0 aliphatic carbocycles. The Morgan fingerprint density at radius 1 is 1.10 bits per heavy atom. The van der Waals surface area contributed by atoms with Gasteiger partial charge in [0.05, 0.1) is 17.3 Å². The summed E-state index contributed by atoms with van der Waals surface area (Å²) >= 11 is 0. The van der Waals surface area contributed by atoms with Gasteiger partial charge in [-0.2, -0.15) is 0 Å². The number of hydrogen-bond acceptors (Lipinski definition) is 8. The second-order valence-electron chi connectivity index (χ2n) is 8.66. The van der Waals surface area contributed by atoms with Gasteiger partial charge in [0.25, 0.3) is 23.5 Å². The smallest absolute Gasteiger partial charge is 0.349 e. The zero-order valence-electron chi connectivity index (χ0n) is 20.3. The van der Waals surface area contributed by atoms with Crippen LogP contribution in [0.4, 0.5) is 5.69 Å². The summed E-state index contributed by atoms with van der Waals surface area (Å²) in [7, 11) is 0. The lowest BCUT2D eigenvalue weighted by Gasteiger charge is -2.18. The zero-order valence-corrected chi connectivity index (χ0v) is 20.3. The highest BCUT2D eigenvalue weighted by atomic mass is 16.5. The molecular weight excluding hydrogens is 510 g/mol. The van der Waals surface area contributed by atoms with Gasteiger partial charge in [-0.25, -0.2) is 24.1 Å². The van der Waals surface area contributed by atoms with Crippen molar-refractivity contribution in [3.63, 3.8) is 0 Å². The zero-order chi connectivity index (χ0) is 27.7. The van der Waals surface area contributed by atoms with E-state index in [2.05, 4.69) is 31.1 Å². The van der Waals surface area contributed by atoms with Crippen molar-refractivity contribution >= 4 is 35.2 Å². The van der Waals surface area contributed by atoms with Crippen LogP contribution in [0.2, 0.25) is 0 Å². The topological polar surface area (TPSA) is 197 Å².